The van der Waals surface area contributed by atoms with E-state index in [4.69, 9.17) is 4.74 Å². The topological polar surface area (TPSA) is 84.5 Å². The van der Waals surface area contributed by atoms with Crippen LogP contribution in [0.2, 0.25) is 0 Å². The van der Waals surface area contributed by atoms with E-state index in [0.717, 1.165) is 0 Å². The Labute approximate surface area is 175 Å². The largest absolute Gasteiger partial charge is 0.451 e. The third-order valence-electron chi connectivity index (χ3n) is 4.46. The number of carbonyl (C=O) groups is 3. The Morgan fingerprint density at radius 3 is 2.14 bits per heavy atom. The molecule has 1 aromatic heterocycles. The molecule has 0 fully saturated rings. The van der Waals surface area contributed by atoms with Crippen molar-refractivity contribution in [1.82, 2.24) is 5.32 Å². The molecule has 29 heavy (non-hydrogen) atoms. The predicted octanol–water partition coefficient (Wildman–Crippen LogP) is 4.20. The molecule has 1 aromatic carbocycles. The molecule has 0 aliphatic rings. The van der Waals surface area contributed by atoms with Gasteiger partial charge in [-0.15, -0.1) is 11.3 Å². The third kappa shape index (κ3) is 6.42. The summed E-state index contributed by atoms with van der Waals surface area (Å²) < 4.78 is 5.33. The third-order valence-corrected chi connectivity index (χ3v) is 5.33. The summed E-state index contributed by atoms with van der Waals surface area (Å²) >= 11 is 1.29. The Morgan fingerprint density at radius 1 is 0.966 bits per heavy atom. The maximum absolute atomic E-state index is 12.6. The summed E-state index contributed by atoms with van der Waals surface area (Å²) in [6.45, 7) is 9.31. The van der Waals surface area contributed by atoms with Gasteiger partial charge in [0.15, 0.2) is 6.10 Å². The van der Waals surface area contributed by atoms with Gasteiger partial charge in [0, 0.05) is 5.69 Å². The normalized spacial score (nSPS) is 13.1. The number of carbonyl (C=O) groups excluding carboxylic acids is 3. The van der Waals surface area contributed by atoms with Gasteiger partial charge in [0.1, 0.15) is 6.04 Å². The van der Waals surface area contributed by atoms with Gasteiger partial charge in [-0.1, -0.05) is 45.9 Å². The highest BCUT2D eigenvalue weighted by Gasteiger charge is 2.29. The van der Waals surface area contributed by atoms with Crippen molar-refractivity contribution in [2.24, 2.45) is 5.92 Å². The quantitative estimate of drug-likeness (QED) is 0.632. The number of amides is 2. The summed E-state index contributed by atoms with van der Waals surface area (Å²) in [6.07, 6.45) is -0.993. The fourth-order valence-corrected chi connectivity index (χ4v) is 3.24. The lowest BCUT2D eigenvalue weighted by molar-refractivity contribution is -0.156. The molecule has 0 aliphatic heterocycles. The molecule has 6 nitrogen and oxygen atoms in total. The molecule has 0 saturated heterocycles. The van der Waals surface area contributed by atoms with Crippen molar-refractivity contribution >= 4 is 34.8 Å². The summed E-state index contributed by atoms with van der Waals surface area (Å²) in [5.74, 6) is -1.19. The van der Waals surface area contributed by atoms with Crippen LogP contribution in [-0.4, -0.2) is 29.9 Å². The van der Waals surface area contributed by atoms with Crippen molar-refractivity contribution in [1.29, 1.82) is 0 Å². The van der Waals surface area contributed by atoms with E-state index < -0.39 is 24.0 Å². The van der Waals surface area contributed by atoms with Crippen LogP contribution in [0, 0.1) is 5.92 Å². The monoisotopic (exact) mass is 416 g/mol. The van der Waals surface area contributed by atoms with Gasteiger partial charge in [0.2, 0.25) is 0 Å². The summed E-state index contributed by atoms with van der Waals surface area (Å²) in [4.78, 5) is 37.7. The number of esters is 1. The van der Waals surface area contributed by atoms with E-state index in [2.05, 4.69) is 24.5 Å². The summed E-state index contributed by atoms with van der Waals surface area (Å²) in [7, 11) is 0. The molecule has 0 saturated carbocycles. The van der Waals surface area contributed by atoms with Gasteiger partial charge in [0.05, 0.1) is 4.88 Å². The second-order valence-corrected chi connectivity index (χ2v) is 8.47. The van der Waals surface area contributed by atoms with Crippen molar-refractivity contribution in [2.75, 3.05) is 5.32 Å². The molecule has 0 radical (unpaired) electrons. The lowest BCUT2D eigenvalue weighted by atomic mass is 10.0. The number of benzene rings is 1. The van der Waals surface area contributed by atoms with Crippen LogP contribution in [0.4, 0.5) is 5.69 Å². The Bertz CT molecular complexity index is 829. The van der Waals surface area contributed by atoms with Crippen molar-refractivity contribution in [2.45, 2.75) is 52.7 Å². The van der Waals surface area contributed by atoms with Crippen LogP contribution in [0.25, 0.3) is 0 Å². The SMILES string of the molecule is CC(C)c1ccc(NC(=O)[C@@H](C)OC(=O)[C@@H](NC(=O)c2cccs2)C(C)C)cc1. The van der Waals surface area contributed by atoms with Gasteiger partial charge in [0.25, 0.3) is 11.8 Å². The zero-order chi connectivity index (χ0) is 21.6. The minimum absolute atomic E-state index is 0.190. The standard InChI is InChI=1S/C22H28N2O4S/c1-13(2)16-8-10-17(11-9-16)23-20(25)15(5)28-22(27)19(14(3)4)24-21(26)18-7-6-12-29-18/h6-15,19H,1-5H3,(H,23,25)(H,24,26)/t15-,19+/m1/s1. The molecule has 2 rings (SSSR count). The number of hydrogen-bond donors (Lipinski definition) is 2. The molecular formula is C22H28N2O4S. The van der Waals surface area contributed by atoms with E-state index in [9.17, 15) is 14.4 Å². The molecule has 7 heteroatoms. The van der Waals surface area contributed by atoms with E-state index in [1.165, 1.54) is 23.8 Å². The van der Waals surface area contributed by atoms with Gasteiger partial charge in [-0.2, -0.15) is 0 Å². The molecule has 1 heterocycles. The maximum Gasteiger partial charge on any atom is 0.329 e. The first-order valence-electron chi connectivity index (χ1n) is 9.64. The second-order valence-electron chi connectivity index (χ2n) is 7.52. The summed E-state index contributed by atoms with van der Waals surface area (Å²) in [5.41, 5.74) is 1.80. The first-order chi connectivity index (χ1) is 13.7. The van der Waals surface area contributed by atoms with Gasteiger partial charge >= 0.3 is 5.97 Å². The summed E-state index contributed by atoms with van der Waals surface area (Å²) in [5, 5.41) is 7.23. The molecule has 2 N–H and O–H groups in total. The minimum atomic E-state index is -0.993. The molecule has 0 aliphatic carbocycles. The van der Waals surface area contributed by atoms with E-state index >= 15 is 0 Å². The van der Waals surface area contributed by atoms with Crippen molar-refractivity contribution < 1.29 is 19.1 Å². The minimum Gasteiger partial charge on any atom is -0.451 e. The molecular weight excluding hydrogens is 388 g/mol. The number of thiophene rings is 1. The van der Waals surface area contributed by atoms with Crippen molar-refractivity contribution in [3.8, 4) is 0 Å². The zero-order valence-corrected chi connectivity index (χ0v) is 18.2. The smallest absolute Gasteiger partial charge is 0.329 e. The summed E-state index contributed by atoms with van der Waals surface area (Å²) in [6, 6.07) is 10.1. The average molecular weight is 417 g/mol. The molecule has 0 unspecified atom stereocenters. The Morgan fingerprint density at radius 2 is 1.62 bits per heavy atom. The first kappa shape index (κ1) is 22.6. The lowest BCUT2D eigenvalue weighted by Gasteiger charge is -2.22. The Balaban J connectivity index is 1.95. The average Bonchev–Trinajstić information content (AvgIpc) is 3.20. The highest BCUT2D eigenvalue weighted by molar-refractivity contribution is 7.12. The first-order valence-corrected chi connectivity index (χ1v) is 10.5. The van der Waals surface area contributed by atoms with Crippen LogP contribution in [0.1, 0.15) is 55.8 Å². The zero-order valence-electron chi connectivity index (χ0n) is 17.4. The number of anilines is 1. The van der Waals surface area contributed by atoms with E-state index in [1.54, 1.807) is 17.5 Å². The van der Waals surface area contributed by atoms with Crippen molar-refractivity contribution in [3.63, 3.8) is 0 Å². The van der Waals surface area contributed by atoms with Crippen LogP contribution < -0.4 is 10.6 Å². The second kappa shape index (κ2) is 10.2. The number of hydrogen-bond acceptors (Lipinski definition) is 5. The van der Waals surface area contributed by atoms with Crippen molar-refractivity contribution in [3.05, 3.63) is 52.2 Å². The van der Waals surface area contributed by atoms with E-state index in [-0.39, 0.29) is 11.8 Å². The van der Waals surface area contributed by atoms with Gasteiger partial charge in [-0.05, 0) is 47.9 Å². The highest BCUT2D eigenvalue weighted by atomic mass is 32.1. The Hall–Kier alpha value is -2.67. The number of ether oxygens (including phenoxy) is 1. The molecule has 0 spiro atoms. The van der Waals surface area contributed by atoms with Crippen LogP contribution >= 0.6 is 11.3 Å². The van der Waals surface area contributed by atoms with Crippen LogP contribution in [0.15, 0.2) is 41.8 Å². The van der Waals surface area contributed by atoms with Gasteiger partial charge in [-0.3, -0.25) is 9.59 Å². The van der Waals surface area contributed by atoms with Crippen LogP contribution in [-0.2, 0) is 14.3 Å². The fraction of sp³-hybridized carbons (Fsp3) is 0.409. The number of nitrogens with one attached hydrogen (secondary N) is 2. The Kier molecular flexibility index (Phi) is 7.96. The van der Waals surface area contributed by atoms with E-state index in [1.807, 2.05) is 38.1 Å². The molecule has 2 aromatic rings. The molecule has 2 atom stereocenters. The van der Waals surface area contributed by atoms with E-state index in [0.29, 0.717) is 16.5 Å². The maximum atomic E-state index is 12.6. The van der Waals surface area contributed by atoms with Crippen LogP contribution in [0.5, 0.6) is 0 Å². The fourth-order valence-electron chi connectivity index (χ4n) is 2.61. The highest BCUT2D eigenvalue weighted by Crippen LogP contribution is 2.18. The van der Waals surface area contributed by atoms with Gasteiger partial charge < -0.3 is 15.4 Å². The molecule has 2 amide bonds. The van der Waals surface area contributed by atoms with Gasteiger partial charge in [-0.25, -0.2) is 4.79 Å². The predicted molar refractivity (Wildman–Crippen MR) is 115 cm³/mol. The van der Waals surface area contributed by atoms with Crippen LogP contribution in [0.3, 0.4) is 0 Å². The number of rotatable bonds is 8. The molecule has 0 bridgehead atoms. The lowest BCUT2D eigenvalue weighted by Crippen LogP contribution is -2.47. The molecule has 156 valence electrons.